The zero-order valence-electron chi connectivity index (χ0n) is 9.75. The summed E-state index contributed by atoms with van der Waals surface area (Å²) in [4.78, 5) is 2.46. The summed E-state index contributed by atoms with van der Waals surface area (Å²) in [6, 6.07) is 1.33. The molecule has 1 saturated heterocycles. The summed E-state index contributed by atoms with van der Waals surface area (Å²) in [5.74, 6) is 0. The molecule has 0 aliphatic carbocycles. The lowest BCUT2D eigenvalue weighted by Crippen LogP contribution is -2.41. The highest BCUT2D eigenvalue weighted by atomic mass is 16.5. The first-order chi connectivity index (χ1) is 6.70. The van der Waals surface area contributed by atoms with Gasteiger partial charge in [0.1, 0.15) is 0 Å². The SMILES string of the molecule is CC(C)NCCN(C)C1CCOCC1. The number of nitrogens with zero attached hydrogens (tertiary/aromatic N) is 1. The molecule has 0 atom stereocenters. The van der Waals surface area contributed by atoms with E-state index in [4.69, 9.17) is 4.74 Å². The van der Waals surface area contributed by atoms with E-state index >= 15 is 0 Å². The molecule has 0 bridgehead atoms. The van der Waals surface area contributed by atoms with Crippen LogP contribution in [0.5, 0.6) is 0 Å². The predicted octanol–water partition coefficient (Wildman–Crippen LogP) is 1.10. The third-order valence-corrected chi connectivity index (χ3v) is 2.83. The molecule has 1 aliphatic rings. The summed E-state index contributed by atoms with van der Waals surface area (Å²) in [6.07, 6.45) is 2.39. The van der Waals surface area contributed by atoms with Crippen molar-refractivity contribution in [1.29, 1.82) is 0 Å². The fraction of sp³-hybridized carbons (Fsp3) is 1.00. The quantitative estimate of drug-likeness (QED) is 0.719. The molecular formula is C11H24N2O. The van der Waals surface area contributed by atoms with Gasteiger partial charge in [0.25, 0.3) is 0 Å². The van der Waals surface area contributed by atoms with E-state index in [1.54, 1.807) is 0 Å². The molecule has 0 radical (unpaired) electrons. The Labute approximate surface area is 87.8 Å². The lowest BCUT2D eigenvalue weighted by Gasteiger charge is -2.31. The van der Waals surface area contributed by atoms with Crippen LogP contribution in [0.15, 0.2) is 0 Å². The zero-order chi connectivity index (χ0) is 10.4. The molecule has 0 saturated carbocycles. The maximum Gasteiger partial charge on any atom is 0.0480 e. The Bertz CT molecular complexity index is 144. The maximum absolute atomic E-state index is 5.35. The second-order valence-corrected chi connectivity index (χ2v) is 4.43. The third-order valence-electron chi connectivity index (χ3n) is 2.83. The van der Waals surface area contributed by atoms with Crippen molar-refractivity contribution in [2.75, 3.05) is 33.4 Å². The van der Waals surface area contributed by atoms with E-state index in [1.807, 2.05) is 0 Å². The molecule has 1 rings (SSSR count). The van der Waals surface area contributed by atoms with Crippen LogP contribution < -0.4 is 5.32 Å². The minimum absolute atomic E-state index is 0.595. The van der Waals surface area contributed by atoms with Gasteiger partial charge in [-0.25, -0.2) is 0 Å². The van der Waals surface area contributed by atoms with Crippen LogP contribution in [0.2, 0.25) is 0 Å². The van der Waals surface area contributed by atoms with Gasteiger partial charge >= 0.3 is 0 Å². The molecular weight excluding hydrogens is 176 g/mol. The number of likely N-dealkylation sites (N-methyl/N-ethyl adjacent to an activating group) is 1. The molecule has 0 spiro atoms. The van der Waals surface area contributed by atoms with Crippen molar-refractivity contribution in [3.8, 4) is 0 Å². The largest absolute Gasteiger partial charge is 0.381 e. The molecule has 3 nitrogen and oxygen atoms in total. The van der Waals surface area contributed by atoms with Crippen LogP contribution in [-0.2, 0) is 4.74 Å². The van der Waals surface area contributed by atoms with Crippen molar-refractivity contribution in [2.24, 2.45) is 0 Å². The van der Waals surface area contributed by atoms with Gasteiger partial charge in [-0.1, -0.05) is 13.8 Å². The van der Waals surface area contributed by atoms with Crippen molar-refractivity contribution in [3.63, 3.8) is 0 Å². The van der Waals surface area contributed by atoms with Gasteiger partial charge in [-0.15, -0.1) is 0 Å². The Hall–Kier alpha value is -0.120. The van der Waals surface area contributed by atoms with Crippen molar-refractivity contribution < 1.29 is 4.74 Å². The summed E-state index contributed by atoms with van der Waals surface area (Å²) in [5.41, 5.74) is 0. The minimum atomic E-state index is 0.595. The summed E-state index contributed by atoms with van der Waals surface area (Å²) >= 11 is 0. The summed E-state index contributed by atoms with van der Waals surface area (Å²) in [7, 11) is 2.22. The van der Waals surface area contributed by atoms with Gasteiger partial charge in [0.05, 0.1) is 0 Å². The smallest absolute Gasteiger partial charge is 0.0480 e. The summed E-state index contributed by atoms with van der Waals surface area (Å²) < 4.78 is 5.35. The number of nitrogens with one attached hydrogen (secondary N) is 1. The zero-order valence-corrected chi connectivity index (χ0v) is 9.75. The Morgan fingerprint density at radius 2 is 2.00 bits per heavy atom. The Kier molecular flexibility index (Phi) is 5.45. The number of rotatable bonds is 5. The second-order valence-electron chi connectivity index (χ2n) is 4.43. The van der Waals surface area contributed by atoms with Gasteiger partial charge in [-0.3, -0.25) is 0 Å². The van der Waals surface area contributed by atoms with Gasteiger partial charge in [0, 0.05) is 38.4 Å². The lowest BCUT2D eigenvalue weighted by molar-refractivity contribution is 0.0433. The Balaban J connectivity index is 2.10. The molecule has 0 aromatic carbocycles. The monoisotopic (exact) mass is 200 g/mol. The van der Waals surface area contributed by atoms with Crippen molar-refractivity contribution in [3.05, 3.63) is 0 Å². The molecule has 1 heterocycles. The standard InChI is InChI=1S/C11H24N2O/c1-10(2)12-6-7-13(3)11-4-8-14-9-5-11/h10-12H,4-9H2,1-3H3. The van der Waals surface area contributed by atoms with Crippen molar-refractivity contribution in [2.45, 2.75) is 38.8 Å². The number of hydrogen-bond acceptors (Lipinski definition) is 3. The molecule has 14 heavy (non-hydrogen) atoms. The minimum Gasteiger partial charge on any atom is -0.381 e. The number of hydrogen-bond donors (Lipinski definition) is 1. The highest BCUT2D eigenvalue weighted by Gasteiger charge is 2.17. The highest BCUT2D eigenvalue weighted by Crippen LogP contribution is 2.11. The van der Waals surface area contributed by atoms with Gasteiger partial charge in [0.15, 0.2) is 0 Å². The molecule has 1 fully saturated rings. The number of ether oxygens (including phenoxy) is 1. The normalized spacial score (nSPS) is 19.5. The van der Waals surface area contributed by atoms with Gasteiger partial charge < -0.3 is 15.0 Å². The van der Waals surface area contributed by atoms with E-state index in [2.05, 4.69) is 31.1 Å². The van der Waals surface area contributed by atoms with Crippen molar-refractivity contribution >= 4 is 0 Å². The fourth-order valence-electron chi connectivity index (χ4n) is 1.84. The van der Waals surface area contributed by atoms with E-state index in [0.717, 1.165) is 32.3 Å². The fourth-order valence-corrected chi connectivity index (χ4v) is 1.84. The van der Waals surface area contributed by atoms with Crippen LogP contribution in [0.3, 0.4) is 0 Å². The average molecular weight is 200 g/mol. The molecule has 3 heteroatoms. The maximum atomic E-state index is 5.35. The van der Waals surface area contributed by atoms with E-state index in [9.17, 15) is 0 Å². The second kappa shape index (κ2) is 6.38. The first-order valence-electron chi connectivity index (χ1n) is 5.71. The van der Waals surface area contributed by atoms with E-state index in [0.29, 0.717) is 6.04 Å². The van der Waals surface area contributed by atoms with Crippen LogP contribution in [0.25, 0.3) is 0 Å². The molecule has 0 amide bonds. The van der Waals surface area contributed by atoms with E-state index in [1.165, 1.54) is 12.8 Å². The average Bonchev–Trinajstić information content (AvgIpc) is 2.18. The van der Waals surface area contributed by atoms with Crippen LogP contribution in [0, 0.1) is 0 Å². The first kappa shape index (κ1) is 12.0. The Morgan fingerprint density at radius 3 is 2.57 bits per heavy atom. The Morgan fingerprint density at radius 1 is 1.36 bits per heavy atom. The van der Waals surface area contributed by atoms with E-state index < -0.39 is 0 Å². The lowest BCUT2D eigenvalue weighted by atomic mass is 10.1. The summed E-state index contributed by atoms with van der Waals surface area (Å²) in [5, 5.41) is 3.44. The van der Waals surface area contributed by atoms with Crippen LogP contribution in [0.4, 0.5) is 0 Å². The van der Waals surface area contributed by atoms with E-state index in [-0.39, 0.29) is 0 Å². The topological polar surface area (TPSA) is 24.5 Å². The van der Waals surface area contributed by atoms with Crippen molar-refractivity contribution in [1.82, 2.24) is 10.2 Å². The third kappa shape index (κ3) is 4.40. The highest BCUT2D eigenvalue weighted by molar-refractivity contribution is 4.72. The predicted molar refractivity (Wildman–Crippen MR) is 59.6 cm³/mol. The molecule has 1 aliphatic heterocycles. The summed E-state index contributed by atoms with van der Waals surface area (Å²) in [6.45, 7) is 8.48. The van der Waals surface area contributed by atoms with Crippen LogP contribution in [-0.4, -0.2) is 50.3 Å². The molecule has 84 valence electrons. The molecule has 0 unspecified atom stereocenters. The van der Waals surface area contributed by atoms with Gasteiger partial charge in [-0.05, 0) is 19.9 Å². The van der Waals surface area contributed by atoms with Crippen LogP contribution >= 0.6 is 0 Å². The molecule has 0 aromatic rings. The molecule has 0 aromatic heterocycles. The molecule has 1 N–H and O–H groups in total. The van der Waals surface area contributed by atoms with Gasteiger partial charge in [-0.2, -0.15) is 0 Å². The van der Waals surface area contributed by atoms with Crippen LogP contribution in [0.1, 0.15) is 26.7 Å². The van der Waals surface area contributed by atoms with Gasteiger partial charge in [0.2, 0.25) is 0 Å². The first-order valence-corrected chi connectivity index (χ1v) is 5.71.